The zero-order valence-electron chi connectivity index (χ0n) is 20.6. The summed E-state index contributed by atoms with van der Waals surface area (Å²) in [5, 5.41) is 3.05. The first-order chi connectivity index (χ1) is 16.5. The molecule has 0 aromatic heterocycles. The van der Waals surface area contributed by atoms with Crippen LogP contribution in [0, 0.1) is 5.92 Å². The van der Waals surface area contributed by atoms with E-state index < -0.39 is 0 Å². The minimum absolute atomic E-state index is 0.00738. The van der Waals surface area contributed by atoms with E-state index in [0.29, 0.717) is 26.2 Å². The number of hydrogen-bond donors (Lipinski definition) is 1. The molecule has 2 fully saturated rings. The molecule has 6 heteroatoms. The summed E-state index contributed by atoms with van der Waals surface area (Å²) in [4.78, 5) is 32.2. The molecule has 2 amide bonds. The number of amides is 2. The van der Waals surface area contributed by atoms with Crippen molar-refractivity contribution < 1.29 is 9.59 Å². The summed E-state index contributed by atoms with van der Waals surface area (Å²) >= 11 is 0. The molecule has 34 heavy (non-hydrogen) atoms. The first kappa shape index (κ1) is 24.4. The molecule has 2 aliphatic rings. The van der Waals surface area contributed by atoms with Gasteiger partial charge in [-0.05, 0) is 49.3 Å². The lowest BCUT2D eigenvalue weighted by Gasteiger charge is -2.36. The molecule has 2 aromatic carbocycles. The maximum Gasteiger partial charge on any atom is 0.238 e. The summed E-state index contributed by atoms with van der Waals surface area (Å²) in [5.74, 6) is 0.935. The number of carbonyl (C=O) groups is 2. The fraction of sp³-hybridized carbons (Fsp3) is 0.500. The molecule has 1 saturated heterocycles. The van der Waals surface area contributed by atoms with Crippen LogP contribution in [-0.4, -0.2) is 72.3 Å². The second kappa shape index (κ2) is 11.6. The summed E-state index contributed by atoms with van der Waals surface area (Å²) < 4.78 is 0. The van der Waals surface area contributed by atoms with E-state index in [1.807, 2.05) is 35.2 Å². The van der Waals surface area contributed by atoms with Gasteiger partial charge >= 0.3 is 0 Å². The van der Waals surface area contributed by atoms with Crippen molar-refractivity contribution in [3.8, 4) is 0 Å². The van der Waals surface area contributed by atoms with Gasteiger partial charge in [0.1, 0.15) is 0 Å². The zero-order chi connectivity index (χ0) is 23.9. The van der Waals surface area contributed by atoms with Crippen LogP contribution in [-0.2, 0) is 16.0 Å². The molecule has 1 atom stereocenters. The number of nitrogens with zero attached hydrogens (tertiary/aromatic N) is 3. The highest BCUT2D eigenvalue weighted by molar-refractivity contribution is 5.93. The van der Waals surface area contributed by atoms with Crippen LogP contribution in [0.25, 0.3) is 0 Å². The number of piperazine rings is 1. The smallest absolute Gasteiger partial charge is 0.238 e. The third-order valence-corrected chi connectivity index (χ3v) is 7.12. The number of para-hydroxylation sites is 1. The van der Waals surface area contributed by atoms with Gasteiger partial charge in [-0.1, -0.05) is 55.5 Å². The number of nitrogens with one attached hydrogen (secondary N) is 1. The molecular weight excluding hydrogens is 424 g/mol. The molecule has 1 aliphatic carbocycles. The number of hydrogen-bond acceptors (Lipinski definition) is 4. The largest absolute Gasteiger partial charge is 0.339 e. The highest BCUT2D eigenvalue weighted by Crippen LogP contribution is 2.32. The van der Waals surface area contributed by atoms with Crippen LogP contribution >= 0.6 is 0 Å². The van der Waals surface area contributed by atoms with Crippen molar-refractivity contribution in [2.24, 2.45) is 5.92 Å². The van der Waals surface area contributed by atoms with E-state index in [1.165, 1.54) is 18.4 Å². The molecule has 1 heterocycles. The van der Waals surface area contributed by atoms with Crippen LogP contribution in [0.4, 0.5) is 5.69 Å². The number of aryl methyl sites for hydroxylation is 1. The molecule has 0 radical (unpaired) electrons. The lowest BCUT2D eigenvalue weighted by Crippen LogP contribution is -2.52. The molecule has 1 aliphatic heterocycles. The van der Waals surface area contributed by atoms with Crippen LogP contribution in [0.15, 0.2) is 54.6 Å². The normalized spacial score (nSPS) is 17.6. The molecular formula is C28H38N4O2. The summed E-state index contributed by atoms with van der Waals surface area (Å²) in [6, 6.07) is 18.6. The fourth-order valence-electron chi connectivity index (χ4n) is 4.71. The highest BCUT2D eigenvalue weighted by atomic mass is 16.2. The Balaban J connectivity index is 1.26. The topological polar surface area (TPSA) is 55.9 Å². The Kier molecular flexibility index (Phi) is 8.35. The second-order valence-electron chi connectivity index (χ2n) is 9.68. The molecule has 1 N–H and O–H groups in total. The maximum atomic E-state index is 13.2. The minimum Gasteiger partial charge on any atom is -0.339 e. The van der Waals surface area contributed by atoms with Gasteiger partial charge in [0.2, 0.25) is 11.8 Å². The lowest BCUT2D eigenvalue weighted by molar-refractivity contribution is -0.135. The average Bonchev–Trinajstić information content (AvgIpc) is 3.68. The van der Waals surface area contributed by atoms with Gasteiger partial charge in [-0.3, -0.25) is 19.4 Å². The van der Waals surface area contributed by atoms with E-state index in [-0.39, 0.29) is 17.9 Å². The highest BCUT2D eigenvalue weighted by Gasteiger charge is 2.30. The molecule has 0 spiro atoms. The van der Waals surface area contributed by atoms with Gasteiger partial charge in [0.15, 0.2) is 0 Å². The Bertz CT molecular complexity index is 952. The monoisotopic (exact) mass is 462 g/mol. The minimum atomic E-state index is 0.00738. The molecule has 1 unspecified atom stereocenters. The summed E-state index contributed by atoms with van der Waals surface area (Å²) in [5.41, 5.74) is 3.30. The van der Waals surface area contributed by atoms with Crippen molar-refractivity contribution in [2.45, 2.75) is 39.2 Å². The van der Waals surface area contributed by atoms with Crippen molar-refractivity contribution in [1.29, 1.82) is 0 Å². The van der Waals surface area contributed by atoms with Crippen molar-refractivity contribution in [1.82, 2.24) is 14.7 Å². The Hall–Kier alpha value is -2.70. The van der Waals surface area contributed by atoms with Crippen molar-refractivity contribution >= 4 is 17.5 Å². The third-order valence-electron chi connectivity index (χ3n) is 7.12. The van der Waals surface area contributed by atoms with E-state index in [1.54, 1.807) is 0 Å². The maximum absolute atomic E-state index is 13.2. The van der Waals surface area contributed by atoms with Crippen LogP contribution < -0.4 is 5.32 Å². The predicted molar refractivity (Wildman–Crippen MR) is 137 cm³/mol. The fourth-order valence-corrected chi connectivity index (χ4v) is 4.71. The lowest BCUT2D eigenvalue weighted by atomic mass is 10.1. The first-order valence-corrected chi connectivity index (χ1v) is 12.7. The molecule has 0 bridgehead atoms. The van der Waals surface area contributed by atoms with Gasteiger partial charge in [-0.25, -0.2) is 0 Å². The number of benzene rings is 2. The second-order valence-corrected chi connectivity index (χ2v) is 9.68. The van der Waals surface area contributed by atoms with Crippen molar-refractivity contribution in [2.75, 3.05) is 51.1 Å². The average molecular weight is 463 g/mol. The Labute approximate surface area is 203 Å². The van der Waals surface area contributed by atoms with Gasteiger partial charge in [-0.15, -0.1) is 0 Å². The number of carbonyl (C=O) groups excluding carboxylic acids is 2. The van der Waals surface area contributed by atoms with Gasteiger partial charge in [0.05, 0.1) is 13.1 Å². The van der Waals surface area contributed by atoms with Gasteiger partial charge in [-0.2, -0.15) is 0 Å². The van der Waals surface area contributed by atoms with E-state index in [4.69, 9.17) is 0 Å². The van der Waals surface area contributed by atoms with E-state index >= 15 is 0 Å². The molecule has 182 valence electrons. The quantitative estimate of drug-likeness (QED) is 0.584. The third kappa shape index (κ3) is 6.67. The van der Waals surface area contributed by atoms with Crippen LogP contribution in [0.1, 0.15) is 43.9 Å². The number of rotatable bonds is 10. The zero-order valence-corrected chi connectivity index (χ0v) is 20.6. The Morgan fingerprint density at radius 1 is 1.00 bits per heavy atom. The Morgan fingerprint density at radius 2 is 1.68 bits per heavy atom. The summed E-state index contributed by atoms with van der Waals surface area (Å²) in [6.45, 7) is 8.91. The molecule has 2 aromatic rings. The van der Waals surface area contributed by atoms with Crippen LogP contribution in [0.3, 0.4) is 0 Å². The first-order valence-electron chi connectivity index (χ1n) is 12.7. The SMILES string of the molecule is CCc1ccccc1NC(=O)CN1CCN(C(=O)CN(CC2CC2)C(C)c2ccccc2)CC1. The van der Waals surface area contributed by atoms with E-state index in [9.17, 15) is 9.59 Å². The molecule has 6 nitrogen and oxygen atoms in total. The summed E-state index contributed by atoms with van der Waals surface area (Å²) in [6.07, 6.45) is 3.43. The van der Waals surface area contributed by atoms with Crippen molar-refractivity contribution in [3.05, 3.63) is 65.7 Å². The van der Waals surface area contributed by atoms with Crippen LogP contribution in [0.2, 0.25) is 0 Å². The summed E-state index contributed by atoms with van der Waals surface area (Å²) in [7, 11) is 0. The number of anilines is 1. The Morgan fingerprint density at radius 3 is 2.35 bits per heavy atom. The van der Waals surface area contributed by atoms with Gasteiger partial charge in [0, 0.05) is 44.5 Å². The molecule has 4 rings (SSSR count). The molecule has 1 saturated carbocycles. The predicted octanol–water partition coefficient (Wildman–Crippen LogP) is 3.80. The van der Waals surface area contributed by atoms with Gasteiger partial charge < -0.3 is 10.2 Å². The van der Waals surface area contributed by atoms with E-state index in [0.717, 1.165) is 43.2 Å². The van der Waals surface area contributed by atoms with Crippen molar-refractivity contribution in [3.63, 3.8) is 0 Å². The van der Waals surface area contributed by atoms with E-state index in [2.05, 4.69) is 53.2 Å². The van der Waals surface area contributed by atoms with Gasteiger partial charge in [0.25, 0.3) is 0 Å². The van der Waals surface area contributed by atoms with Crippen LogP contribution in [0.5, 0.6) is 0 Å². The standard InChI is InChI=1S/C28H38N4O2/c1-3-24-9-7-8-12-26(24)29-27(33)20-30-15-17-31(18-16-30)28(34)21-32(19-23-13-14-23)22(2)25-10-5-4-6-11-25/h4-12,22-23H,3,13-21H2,1-2H3,(H,29,33).